The number of aliphatic hydroxyl groups is 1. The van der Waals surface area contributed by atoms with Crippen LogP contribution < -0.4 is 5.73 Å². The summed E-state index contributed by atoms with van der Waals surface area (Å²) in [5, 5.41) is 16.4. The van der Waals surface area contributed by atoms with E-state index in [0.717, 1.165) is 5.82 Å². The maximum absolute atomic E-state index is 9.11. The monoisotopic (exact) mass is 188 g/mol. The smallest absolute Gasteiger partial charge is 0.208 e. The number of aryl methyl sites for hydroxylation is 1. The fourth-order valence-electron chi connectivity index (χ4n) is 0.626. The molecule has 1 unspecified atom stereocenters. The van der Waals surface area contributed by atoms with E-state index in [1.165, 1.54) is 11.8 Å². The number of nitrogens with two attached hydrogens (primary N) is 1. The van der Waals surface area contributed by atoms with Gasteiger partial charge in [0.15, 0.2) is 0 Å². The Morgan fingerprint density at radius 2 is 2.50 bits per heavy atom. The lowest BCUT2D eigenvalue weighted by atomic mass is 10.4. The van der Waals surface area contributed by atoms with Crippen LogP contribution in [0.4, 0.5) is 0 Å². The largest absolute Gasteiger partial charge is 0.391 e. The molecule has 0 amide bonds. The number of aromatic nitrogens is 3. The van der Waals surface area contributed by atoms with Crippen molar-refractivity contribution in [2.45, 2.75) is 18.2 Å². The van der Waals surface area contributed by atoms with E-state index in [9.17, 15) is 0 Å². The highest BCUT2D eigenvalue weighted by atomic mass is 32.2. The van der Waals surface area contributed by atoms with E-state index in [-0.39, 0.29) is 6.54 Å². The minimum Gasteiger partial charge on any atom is -0.391 e. The molecule has 0 aliphatic carbocycles. The third-order valence-electron chi connectivity index (χ3n) is 1.25. The predicted molar refractivity (Wildman–Crippen MR) is 46.9 cm³/mol. The molecule has 1 aromatic heterocycles. The van der Waals surface area contributed by atoms with Gasteiger partial charge in [0.1, 0.15) is 5.82 Å². The van der Waals surface area contributed by atoms with E-state index < -0.39 is 6.10 Å². The summed E-state index contributed by atoms with van der Waals surface area (Å²) in [5.74, 6) is 1.31. The van der Waals surface area contributed by atoms with E-state index in [4.69, 9.17) is 10.8 Å². The van der Waals surface area contributed by atoms with Gasteiger partial charge in [0.2, 0.25) is 5.16 Å². The molecular formula is C6H12N4OS. The van der Waals surface area contributed by atoms with Gasteiger partial charge in [-0.3, -0.25) is 5.10 Å². The third kappa shape index (κ3) is 2.80. The highest BCUT2D eigenvalue weighted by molar-refractivity contribution is 7.99. The van der Waals surface area contributed by atoms with E-state index in [2.05, 4.69) is 15.2 Å². The quantitative estimate of drug-likeness (QED) is 0.556. The molecule has 1 rings (SSSR count). The Kier molecular flexibility index (Phi) is 3.51. The van der Waals surface area contributed by atoms with Crippen molar-refractivity contribution in [1.82, 2.24) is 15.2 Å². The fraction of sp³-hybridized carbons (Fsp3) is 0.667. The summed E-state index contributed by atoms with van der Waals surface area (Å²) in [6.45, 7) is 2.10. The molecule has 5 nitrogen and oxygen atoms in total. The Morgan fingerprint density at radius 1 is 1.75 bits per heavy atom. The Morgan fingerprint density at radius 3 is 3.00 bits per heavy atom. The Hall–Kier alpha value is -0.590. The number of rotatable bonds is 4. The molecule has 6 heteroatoms. The molecule has 1 aromatic rings. The van der Waals surface area contributed by atoms with Crippen molar-refractivity contribution in [2.24, 2.45) is 5.73 Å². The van der Waals surface area contributed by atoms with Crippen LogP contribution in [-0.2, 0) is 0 Å². The third-order valence-corrected chi connectivity index (χ3v) is 2.25. The number of nitrogens with zero attached hydrogens (tertiary/aromatic N) is 2. The van der Waals surface area contributed by atoms with Crippen molar-refractivity contribution in [2.75, 3.05) is 12.3 Å². The first-order valence-electron chi connectivity index (χ1n) is 3.62. The minimum absolute atomic E-state index is 0.274. The van der Waals surface area contributed by atoms with Crippen LogP contribution in [0.3, 0.4) is 0 Å². The lowest BCUT2D eigenvalue weighted by Crippen LogP contribution is -2.21. The van der Waals surface area contributed by atoms with Crippen molar-refractivity contribution in [3.63, 3.8) is 0 Å². The summed E-state index contributed by atoms with van der Waals surface area (Å²) in [5.41, 5.74) is 5.23. The lowest BCUT2D eigenvalue weighted by Gasteiger charge is -2.03. The molecule has 68 valence electrons. The maximum Gasteiger partial charge on any atom is 0.208 e. The summed E-state index contributed by atoms with van der Waals surface area (Å²) in [6, 6.07) is 0. The Balaban J connectivity index is 2.33. The average Bonchev–Trinajstić information content (AvgIpc) is 2.47. The minimum atomic E-state index is -0.478. The first kappa shape index (κ1) is 9.50. The van der Waals surface area contributed by atoms with Crippen molar-refractivity contribution >= 4 is 11.8 Å². The molecule has 0 spiro atoms. The van der Waals surface area contributed by atoms with Gasteiger partial charge < -0.3 is 10.8 Å². The van der Waals surface area contributed by atoms with Gasteiger partial charge in [0.05, 0.1) is 6.10 Å². The highest BCUT2D eigenvalue weighted by Crippen LogP contribution is 2.12. The van der Waals surface area contributed by atoms with Gasteiger partial charge in [0, 0.05) is 12.3 Å². The molecule has 12 heavy (non-hydrogen) atoms. The van der Waals surface area contributed by atoms with Gasteiger partial charge in [-0.1, -0.05) is 11.8 Å². The van der Waals surface area contributed by atoms with Crippen LogP contribution in [0.15, 0.2) is 5.16 Å². The summed E-state index contributed by atoms with van der Waals surface area (Å²) >= 11 is 1.39. The fourth-order valence-corrected chi connectivity index (χ4v) is 1.41. The summed E-state index contributed by atoms with van der Waals surface area (Å²) in [4.78, 5) is 4.06. The summed E-state index contributed by atoms with van der Waals surface area (Å²) < 4.78 is 0. The second kappa shape index (κ2) is 4.44. The Labute approximate surface area is 74.8 Å². The van der Waals surface area contributed by atoms with Crippen molar-refractivity contribution in [1.29, 1.82) is 0 Å². The van der Waals surface area contributed by atoms with Crippen LogP contribution in [0.5, 0.6) is 0 Å². The van der Waals surface area contributed by atoms with Crippen LogP contribution in [0.1, 0.15) is 5.82 Å². The van der Waals surface area contributed by atoms with Gasteiger partial charge in [-0.2, -0.15) is 0 Å². The van der Waals surface area contributed by atoms with Gasteiger partial charge >= 0.3 is 0 Å². The number of aliphatic hydroxyl groups excluding tert-OH is 1. The number of hydrogen-bond donors (Lipinski definition) is 3. The van der Waals surface area contributed by atoms with Crippen LogP contribution in [-0.4, -0.2) is 38.7 Å². The second-order valence-electron chi connectivity index (χ2n) is 2.40. The standard InChI is InChI=1S/C6H12N4OS/c1-4-8-6(10-9-4)12-3-5(11)2-7/h5,11H,2-3,7H2,1H3,(H,8,9,10). The summed E-state index contributed by atoms with van der Waals surface area (Å²) in [7, 11) is 0. The van der Waals surface area contributed by atoms with Gasteiger partial charge in [-0.25, -0.2) is 4.98 Å². The van der Waals surface area contributed by atoms with Crippen molar-refractivity contribution < 1.29 is 5.11 Å². The van der Waals surface area contributed by atoms with E-state index >= 15 is 0 Å². The molecular weight excluding hydrogens is 176 g/mol. The summed E-state index contributed by atoms with van der Waals surface area (Å²) in [6.07, 6.45) is -0.478. The molecule has 0 bridgehead atoms. The molecule has 0 aromatic carbocycles. The second-order valence-corrected chi connectivity index (χ2v) is 3.39. The number of nitrogens with one attached hydrogen (secondary N) is 1. The van der Waals surface area contributed by atoms with E-state index in [1.807, 2.05) is 6.92 Å². The van der Waals surface area contributed by atoms with E-state index in [0.29, 0.717) is 10.9 Å². The molecule has 0 aliphatic heterocycles. The zero-order chi connectivity index (χ0) is 8.97. The van der Waals surface area contributed by atoms with Crippen LogP contribution in [0, 0.1) is 6.92 Å². The number of hydrogen-bond acceptors (Lipinski definition) is 5. The SMILES string of the molecule is Cc1nc(SCC(O)CN)n[nH]1. The predicted octanol–water partition coefficient (Wildman–Crippen LogP) is -0.475. The van der Waals surface area contributed by atoms with Crippen LogP contribution >= 0.6 is 11.8 Å². The number of aromatic amines is 1. The normalized spacial score (nSPS) is 13.2. The van der Waals surface area contributed by atoms with Gasteiger partial charge in [0.25, 0.3) is 0 Å². The first-order valence-corrected chi connectivity index (χ1v) is 4.61. The molecule has 0 fully saturated rings. The van der Waals surface area contributed by atoms with Crippen molar-refractivity contribution in [3.05, 3.63) is 5.82 Å². The van der Waals surface area contributed by atoms with Crippen molar-refractivity contribution in [3.8, 4) is 0 Å². The molecule has 0 aliphatic rings. The number of H-pyrrole nitrogens is 1. The van der Waals surface area contributed by atoms with Crippen LogP contribution in [0.2, 0.25) is 0 Å². The maximum atomic E-state index is 9.11. The topological polar surface area (TPSA) is 87.8 Å². The molecule has 1 heterocycles. The molecule has 0 radical (unpaired) electrons. The number of thioether (sulfide) groups is 1. The molecule has 1 atom stereocenters. The molecule has 4 N–H and O–H groups in total. The van der Waals surface area contributed by atoms with Gasteiger partial charge in [-0.05, 0) is 6.92 Å². The first-order chi connectivity index (χ1) is 5.72. The zero-order valence-corrected chi connectivity index (χ0v) is 7.64. The van der Waals surface area contributed by atoms with E-state index in [1.54, 1.807) is 0 Å². The van der Waals surface area contributed by atoms with Gasteiger partial charge in [-0.15, -0.1) is 5.10 Å². The molecule has 0 saturated carbocycles. The average molecular weight is 188 g/mol. The zero-order valence-electron chi connectivity index (χ0n) is 6.82. The van der Waals surface area contributed by atoms with Crippen LogP contribution in [0.25, 0.3) is 0 Å². The molecule has 0 saturated heterocycles. The highest BCUT2D eigenvalue weighted by Gasteiger charge is 2.05. The Bertz CT molecular complexity index is 239. The lowest BCUT2D eigenvalue weighted by molar-refractivity contribution is 0.208.